The summed E-state index contributed by atoms with van der Waals surface area (Å²) in [7, 11) is 0. The second-order valence-corrected chi connectivity index (χ2v) is 6.40. The highest BCUT2D eigenvalue weighted by Gasteiger charge is 2.34. The van der Waals surface area contributed by atoms with E-state index in [1.165, 1.54) is 36.8 Å². The molecule has 1 aliphatic heterocycles. The first-order valence-electron chi connectivity index (χ1n) is 7.33. The fourth-order valence-corrected chi connectivity index (χ4v) is 3.97. The molecule has 1 heterocycles. The lowest BCUT2D eigenvalue weighted by molar-refractivity contribution is 0.194. The molecule has 1 saturated carbocycles. The Morgan fingerprint density at radius 3 is 2.68 bits per heavy atom. The summed E-state index contributed by atoms with van der Waals surface area (Å²) in [4.78, 5) is 0. The summed E-state index contributed by atoms with van der Waals surface area (Å²) in [6, 6.07) is 6.61. The molecular formula is C16H22ClNO. The molecule has 3 heteroatoms. The van der Waals surface area contributed by atoms with Gasteiger partial charge in [0.1, 0.15) is 0 Å². The molecule has 1 unspecified atom stereocenters. The van der Waals surface area contributed by atoms with Crippen LogP contribution in [-0.2, 0) is 10.2 Å². The smallest absolute Gasteiger partial charge is 0.0536 e. The van der Waals surface area contributed by atoms with Gasteiger partial charge in [0.25, 0.3) is 0 Å². The first-order valence-corrected chi connectivity index (χ1v) is 7.71. The maximum atomic E-state index is 6.51. The van der Waals surface area contributed by atoms with Gasteiger partial charge in [-0.3, -0.25) is 0 Å². The van der Waals surface area contributed by atoms with Crippen LogP contribution in [0.25, 0.3) is 0 Å². The van der Waals surface area contributed by atoms with Crippen LogP contribution in [0.1, 0.15) is 49.1 Å². The summed E-state index contributed by atoms with van der Waals surface area (Å²) >= 11 is 6.51. The molecule has 1 atom stereocenters. The van der Waals surface area contributed by atoms with Gasteiger partial charge in [-0.25, -0.2) is 0 Å². The van der Waals surface area contributed by atoms with Crippen LogP contribution >= 0.6 is 11.6 Å². The van der Waals surface area contributed by atoms with Crippen LogP contribution in [0.3, 0.4) is 0 Å². The summed E-state index contributed by atoms with van der Waals surface area (Å²) in [6.07, 6.45) is 6.05. The molecule has 3 rings (SSSR count). The lowest BCUT2D eigenvalue weighted by atomic mass is 9.78. The van der Waals surface area contributed by atoms with Crippen LogP contribution in [-0.4, -0.2) is 19.8 Å². The minimum atomic E-state index is 0.175. The van der Waals surface area contributed by atoms with Gasteiger partial charge >= 0.3 is 0 Å². The maximum absolute atomic E-state index is 6.51. The van der Waals surface area contributed by atoms with Crippen LogP contribution < -0.4 is 5.73 Å². The highest BCUT2D eigenvalue weighted by atomic mass is 35.5. The van der Waals surface area contributed by atoms with Crippen molar-refractivity contribution in [3.63, 3.8) is 0 Å². The molecular weight excluding hydrogens is 258 g/mol. The van der Waals surface area contributed by atoms with E-state index < -0.39 is 0 Å². The van der Waals surface area contributed by atoms with E-state index in [9.17, 15) is 0 Å². The normalized spacial score (nSPS) is 25.9. The molecule has 2 aliphatic rings. The Labute approximate surface area is 120 Å². The standard InChI is InChI=1S/C16H22ClNO/c17-15-9-13(16(11-18)6-1-2-7-16)3-4-14(15)12-5-8-19-10-12/h3-4,9,12H,1-2,5-8,10-11,18H2. The molecule has 1 aromatic carbocycles. The first kappa shape index (κ1) is 13.4. The van der Waals surface area contributed by atoms with Crippen LogP contribution in [0.15, 0.2) is 18.2 Å². The third-order valence-corrected chi connectivity index (χ3v) is 5.26. The topological polar surface area (TPSA) is 35.2 Å². The Morgan fingerprint density at radius 2 is 2.11 bits per heavy atom. The monoisotopic (exact) mass is 279 g/mol. The molecule has 0 radical (unpaired) electrons. The number of hydrogen-bond acceptors (Lipinski definition) is 2. The predicted molar refractivity (Wildman–Crippen MR) is 78.8 cm³/mol. The molecule has 104 valence electrons. The fourth-order valence-electron chi connectivity index (χ4n) is 3.63. The van der Waals surface area contributed by atoms with Gasteiger partial charge in [-0.1, -0.05) is 36.6 Å². The Balaban J connectivity index is 1.90. The van der Waals surface area contributed by atoms with Gasteiger partial charge in [0.15, 0.2) is 0 Å². The van der Waals surface area contributed by atoms with Crippen LogP contribution in [0, 0.1) is 0 Å². The third kappa shape index (κ3) is 2.42. The highest BCUT2D eigenvalue weighted by Crippen LogP contribution is 2.42. The summed E-state index contributed by atoms with van der Waals surface area (Å²) in [6.45, 7) is 2.39. The molecule has 1 saturated heterocycles. The molecule has 19 heavy (non-hydrogen) atoms. The van der Waals surface area contributed by atoms with E-state index in [-0.39, 0.29) is 5.41 Å². The molecule has 0 bridgehead atoms. The van der Waals surface area contributed by atoms with E-state index in [0.29, 0.717) is 5.92 Å². The van der Waals surface area contributed by atoms with Gasteiger partial charge in [-0.05, 0) is 36.5 Å². The van der Waals surface area contributed by atoms with Gasteiger partial charge < -0.3 is 10.5 Å². The second kappa shape index (κ2) is 5.43. The number of hydrogen-bond donors (Lipinski definition) is 1. The SMILES string of the molecule is NCC1(c2ccc(C3CCOC3)c(Cl)c2)CCCC1. The minimum absolute atomic E-state index is 0.175. The molecule has 1 aliphatic carbocycles. The van der Waals surface area contributed by atoms with E-state index in [1.54, 1.807) is 0 Å². The summed E-state index contributed by atoms with van der Waals surface area (Å²) in [5.74, 6) is 0.471. The van der Waals surface area contributed by atoms with Gasteiger partial charge in [0.2, 0.25) is 0 Å². The third-order valence-electron chi connectivity index (χ3n) is 4.93. The maximum Gasteiger partial charge on any atom is 0.0536 e. The van der Waals surface area contributed by atoms with Crippen molar-refractivity contribution in [1.29, 1.82) is 0 Å². The number of benzene rings is 1. The van der Waals surface area contributed by atoms with Gasteiger partial charge in [0, 0.05) is 29.5 Å². The van der Waals surface area contributed by atoms with Crippen molar-refractivity contribution >= 4 is 11.6 Å². The highest BCUT2D eigenvalue weighted by molar-refractivity contribution is 6.31. The second-order valence-electron chi connectivity index (χ2n) is 5.99. The molecule has 0 amide bonds. The van der Waals surface area contributed by atoms with Gasteiger partial charge in [-0.15, -0.1) is 0 Å². The average molecular weight is 280 g/mol. The Bertz CT molecular complexity index is 448. The van der Waals surface area contributed by atoms with E-state index in [4.69, 9.17) is 22.1 Å². The Kier molecular flexibility index (Phi) is 3.84. The zero-order valence-electron chi connectivity index (χ0n) is 11.3. The van der Waals surface area contributed by atoms with Crippen molar-refractivity contribution in [2.45, 2.75) is 43.4 Å². The van der Waals surface area contributed by atoms with E-state index in [0.717, 1.165) is 31.2 Å². The summed E-state index contributed by atoms with van der Waals surface area (Å²) < 4.78 is 5.46. The number of ether oxygens (including phenoxy) is 1. The molecule has 1 aromatic rings. The molecule has 2 fully saturated rings. The van der Waals surface area contributed by atoms with Crippen LogP contribution in [0.5, 0.6) is 0 Å². The van der Waals surface area contributed by atoms with Crippen molar-refractivity contribution in [1.82, 2.24) is 0 Å². The van der Waals surface area contributed by atoms with Crippen LogP contribution in [0.4, 0.5) is 0 Å². The van der Waals surface area contributed by atoms with Gasteiger partial charge in [0.05, 0.1) is 6.61 Å². The lowest BCUT2D eigenvalue weighted by Gasteiger charge is -2.28. The number of halogens is 1. The van der Waals surface area contributed by atoms with Crippen LogP contribution in [0.2, 0.25) is 5.02 Å². The van der Waals surface area contributed by atoms with Crippen molar-refractivity contribution in [3.05, 3.63) is 34.3 Å². The van der Waals surface area contributed by atoms with E-state index >= 15 is 0 Å². The largest absolute Gasteiger partial charge is 0.381 e. The van der Waals surface area contributed by atoms with Crippen molar-refractivity contribution < 1.29 is 4.74 Å². The minimum Gasteiger partial charge on any atom is -0.381 e. The first-order chi connectivity index (χ1) is 9.25. The predicted octanol–water partition coefficient (Wildman–Crippen LogP) is 3.61. The zero-order chi connectivity index (χ0) is 13.3. The summed E-state index contributed by atoms with van der Waals surface area (Å²) in [5, 5.41) is 0.896. The molecule has 0 aromatic heterocycles. The number of nitrogens with two attached hydrogens (primary N) is 1. The fraction of sp³-hybridized carbons (Fsp3) is 0.625. The molecule has 0 spiro atoms. The van der Waals surface area contributed by atoms with Crippen molar-refractivity contribution in [2.75, 3.05) is 19.8 Å². The molecule has 2 nitrogen and oxygen atoms in total. The molecule has 2 N–H and O–H groups in total. The quantitative estimate of drug-likeness (QED) is 0.917. The van der Waals surface area contributed by atoms with E-state index in [1.807, 2.05) is 0 Å². The van der Waals surface area contributed by atoms with Gasteiger partial charge in [-0.2, -0.15) is 0 Å². The number of rotatable bonds is 3. The van der Waals surface area contributed by atoms with E-state index in [2.05, 4.69) is 18.2 Å². The van der Waals surface area contributed by atoms with Crippen molar-refractivity contribution in [2.24, 2.45) is 5.73 Å². The Morgan fingerprint density at radius 1 is 1.32 bits per heavy atom. The zero-order valence-corrected chi connectivity index (χ0v) is 12.1. The average Bonchev–Trinajstić information content (AvgIpc) is 3.11. The Hall–Kier alpha value is -0.570. The summed E-state index contributed by atoms with van der Waals surface area (Å²) in [5.41, 5.74) is 8.80. The lowest BCUT2D eigenvalue weighted by Crippen LogP contribution is -2.32. The van der Waals surface area contributed by atoms with Crippen molar-refractivity contribution in [3.8, 4) is 0 Å².